The van der Waals surface area contributed by atoms with Crippen LogP contribution < -0.4 is 0 Å². The van der Waals surface area contributed by atoms with Crippen molar-refractivity contribution in [1.82, 2.24) is 0 Å². The SMILES string of the molecule is CC(=NO)c1cc(C(F)(F)F)ccc1Cl. The number of halogens is 4. The number of oxime groups is 1. The molecular formula is C9H7ClF3NO. The van der Waals surface area contributed by atoms with E-state index >= 15 is 0 Å². The van der Waals surface area contributed by atoms with Crippen molar-refractivity contribution >= 4 is 17.3 Å². The summed E-state index contributed by atoms with van der Waals surface area (Å²) in [7, 11) is 0. The third-order valence-electron chi connectivity index (χ3n) is 1.83. The second-order valence-corrected chi connectivity index (χ2v) is 3.28. The van der Waals surface area contributed by atoms with Crippen molar-refractivity contribution in [2.75, 3.05) is 0 Å². The zero-order valence-corrected chi connectivity index (χ0v) is 8.39. The standard InChI is InChI=1S/C9H7ClF3NO/c1-5(14-15)7-4-6(9(11,12)13)2-3-8(7)10/h2-4,15H,1H3. The molecule has 0 aliphatic heterocycles. The average molecular weight is 238 g/mol. The minimum atomic E-state index is -4.44. The van der Waals surface area contributed by atoms with Crippen LogP contribution in [0.4, 0.5) is 13.2 Å². The highest BCUT2D eigenvalue weighted by molar-refractivity contribution is 6.34. The summed E-state index contributed by atoms with van der Waals surface area (Å²) in [6.07, 6.45) is -4.44. The Balaban J connectivity index is 3.29. The van der Waals surface area contributed by atoms with Crippen LogP contribution in [0.2, 0.25) is 5.02 Å². The molecule has 0 aliphatic rings. The minimum absolute atomic E-state index is 0.0334. The predicted octanol–water partition coefficient (Wildman–Crippen LogP) is 3.56. The van der Waals surface area contributed by atoms with Crippen molar-refractivity contribution in [3.05, 3.63) is 34.3 Å². The Bertz CT molecular complexity index is 401. The summed E-state index contributed by atoms with van der Waals surface area (Å²) in [5, 5.41) is 11.4. The Morgan fingerprint density at radius 3 is 2.47 bits per heavy atom. The molecule has 0 aromatic heterocycles. The molecule has 0 heterocycles. The molecule has 2 nitrogen and oxygen atoms in total. The quantitative estimate of drug-likeness (QED) is 0.452. The molecule has 0 saturated heterocycles. The molecule has 0 atom stereocenters. The Morgan fingerprint density at radius 1 is 1.40 bits per heavy atom. The predicted molar refractivity (Wildman–Crippen MR) is 50.5 cm³/mol. The maximum absolute atomic E-state index is 12.3. The normalized spacial score (nSPS) is 13.0. The number of rotatable bonds is 1. The van der Waals surface area contributed by atoms with Crippen LogP contribution in [0.25, 0.3) is 0 Å². The van der Waals surface area contributed by atoms with Crippen LogP contribution >= 0.6 is 11.6 Å². The molecular weight excluding hydrogens is 231 g/mol. The summed E-state index contributed by atoms with van der Waals surface area (Å²) in [4.78, 5) is 0. The van der Waals surface area contributed by atoms with Gasteiger partial charge in [-0.1, -0.05) is 16.8 Å². The first-order valence-electron chi connectivity index (χ1n) is 3.92. The van der Waals surface area contributed by atoms with E-state index in [1.54, 1.807) is 0 Å². The monoisotopic (exact) mass is 237 g/mol. The van der Waals surface area contributed by atoms with Gasteiger partial charge in [0.25, 0.3) is 0 Å². The first kappa shape index (κ1) is 11.8. The second kappa shape index (κ2) is 4.10. The molecule has 0 spiro atoms. The van der Waals surface area contributed by atoms with Crippen LogP contribution in [0.15, 0.2) is 23.4 Å². The highest BCUT2D eigenvalue weighted by Gasteiger charge is 2.31. The lowest BCUT2D eigenvalue weighted by atomic mass is 10.1. The fourth-order valence-electron chi connectivity index (χ4n) is 1.03. The second-order valence-electron chi connectivity index (χ2n) is 2.88. The van der Waals surface area contributed by atoms with E-state index in [0.717, 1.165) is 18.2 Å². The third-order valence-corrected chi connectivity index (χ3v) is 2.16. The lowest BCUT2D eigenvalue weighted by Crippen LogP contribution is -2.07. The maximum Gasteiger partial charge on any atom is 0.416 e. The molecule has 0 unspecified atom stereocenters. The van der Waals surface area contributed by atoms with Crippen LogP contribution in [0.1, 0.15) is 18.1 Å². The van der Waals surface area contributed by atoms with E-state index in [0.29, 0.717) is 0 Å². The van der Waals surface area contributed by atoms with Crippen molar-refractivity contribution in [2.45, 2.75) is 13.1 Å². The molecule has 15 heavy (non-hydrogen) atoms. The van der Waals surface area contributed by atoms with Crippen molar-refractivity contribution in [3.8, 4) is 0 Å². The van der Waals surface area contributed by atoms with E-state index in [-0.39, 0.29) is 16.3 Å². The van der Waals surface area contributed by atoms with E-state index in [4.69, 9.17) is 16.8 Å². The first-order valence-corrected chi connectivity index (χ1v) is 4.30. The number of hydrogen-bond acceptors (Lipinski definition) is 2. The van der Waals surface area contributed by atoms with Crippen molar-refractivity contribution in [2.24, 2.45) is 5.16 Å². The number of alkyl halides is 3. The zero-order chi connectivity index (χ0) is 11.6. The molecule has 0 fully saturated rings. The average Bonchev–Trinajstić information content (AvgIpc) is 2.15. The lowest BCUT2D eigenvalue weighted by Gasteiger charge is -2.09. The van der Waals surface area contributed by atoms with Gasteiger partial charge in [0.15, 0.2) is 0 Å². The summed E-state index contributed by atoms with van der Waals surface area (Å²) in [5.74, 6) is 0. The Kier molecular flexibility index (Phi) is 3.24. The van der Waals surface area contributed by atoms with Gasteiger partial charge < -0.3 is 5.21 Å². The third kappa shape index (κ3) is 2.62. The van der Waals surface area contributed by atoms with Gasteiger partial charge in [-0.25, -0.2) is 0 Å². The van der Waals surface area contributed by atoms with E-state index in [1.165, 1.54) is 6.92 Å². The van der Waals surface area contributed by atoms with Gasteiger partial charge in [0.2, 0.25) is 0 Å². The molecule has 0 amide bonds. The van der Waals surface area contributed by atoms with Gasteiger partial charge in [-0.2, -0.15) is 13.2 Å². The topological polar surface area (TPSA) is 32.6 Å². The molecule has 1 rings (SSSR count). The summed E-state index contributed by atoms with van der Waals surface area (Å²) in [6, 6.07) is 2.84. The van der Waals surface area contributed by atoms with Crippen LogP contribution in [0.5, 0.6) is 0 Å². The Hall–Kier alpha value is -1.23. The summed E-state index contributed by atoms with van der Waals surface area (Å²) < 4.78 is 37.0. The van der Waals surface area contributed by atoms with Gasteiger partial charge in [0.1, 0.15) is 0 Å². The molecule has 82 valence electrons. The Morgan fingerprint density at radius 2 is 2.00 bits per heavy atom. The Labute approximate surface area is 89.0 Å². The fraction of sp³-hybridized carbons (Fsp3) is 0.222. The van der Waals surface area contributed by atoms with Crippen LogP contribution in [-0.2, 0) is 6.18 Å². The van der Waals surface area contributed by atoms with Crippen molar-refractivity contribution in [1.29, 1.82) is 0 Å². The molecule has 1 aromatic carbocycles. The lowest BCUT2D eigenvalue weighted by molar-refractivity contribution is -0.137. The molecule has 1 N–H and O–H groups in total. The molecule has 0 bridgehead atoms. The summed E-state index contributed by atoms with van der Waals surface area (Å²) >= 11 is 5.66. The summed E-state index contributed by atoms with van der Waals surface area (Å²) in [6.45, 7) is 1.36. The largest absolute Gasteiger partial charge is 0.416 e. The smallest absolute Gasteiger partial charge is 0.411 e. The van der Waals surface area contributed by atoms with E-state index < -0.39 is 11.7 Å². The highest BCUT2D eigenvalue weighted by Crippen LogP contribution is 2.31. The van der Waals surface area contributed by atoms with Gasteiger partial charge in [0, 0.05) is 10.6 Å². The fourth-order valence-corrected chi connectivity index (χ4v) is 1.29. The van der Waals surface area contributed by atoms with E-state index in [1.807, 2.05) is 0 Å². The van der Waals surface area contributed by atoms with Crippen LogP contribution in [-0.4, -0.2) is 10.9 Å². The van der Waals surface area contributed by atoms with Gasteiger partial charge >= 0.3 is 6.18 Å². The zero-order valence-electron chi connectivity index (χ0n) is 7.64. The van der Waals surface area contributed by atoms with Crippen LogP contribution in [0, 0.1) is 0 Å². The van der Waals surface area contributed by atoms with Gasteiger partial charge in [0.05, 0.1) is 11.3 Å². The molecule has 0 radical (unpaired) electrons. The van der Waals surface area contributed by atoms with Crippen molar-refractivity contribution in [3.63, 3.8) is 0 Å². The molecule has 1 aromatic rings. The highest BCUT2D eigenvalue weighted by atomic mass is 35.5. The van der Waals surface area contributed by atoms with Crippen LogP contribution in [0.3, 0.4) is 0 Å². The van der Waals surface area contributed by atoms with Gasteiger partial charge in [-0.3, -0.25) is 0 Å². The first-order chi connectivity index (χ1) is 6.86. The van der Waals surface area contributed by atoms with Gasteiger partial charge in [-0.05, 0) is 25.1 Å². The number of benzene rings is 1. The van der Waals surface area contributed by atoms with Crippen molar-refractivity contribution < 1.29 is 18.4 Å². The molecule has 6 heteroatoms. The molecule has 0 aliphatic carbocycles. The van der Waals surface area contributed by atoms with E-state index in [2.05, 4.69) is 5.16 Å². The maximum atomic E-state index is 12.3. The van der Waals surface area contributed by atoms with E-state index in [9.17, 15) is 13.2 Å². The number of hydrogen-bond donors (Lipinski definition) is 1. The van der Waals surface area contributed by atoms with Gasteiger partial charge in [-0.15, -0.1) is 0 Å². The molecule has 0 saturated carbocycles. The summed E-state index contributed by atoms with van der Waals surface area (Å²) in [5.41, 5.74) is -0.731. The minimum Gasteiger partial charge on any atom is -0.411 e. The number of nitrogens with zero attached hydrogens (tertiary/aromatic N) is 1.